The average molecular weight is 347 g/mol. The summed E-state index contributed by atoms with van der Waals surface area (Å²) in [6.45, 7) is 16.0. The van der Waals surface area contributed by atoms with E-state index in [1.807, 2.05) is 55.4 Å². The molecule has 3 nitrogen and oxygen atoms in total. The number of rotatable bonds is 3. The largest absolute Gasteiger partial charge is 0.421 e. The Morgan fingerprint density at radius 2 is 0.960 bits per heavy atom. The summed E-state index contributed by atoms with van der Waals surface area (Å²) in [5, 5.41) is 0. The van der Waals surface area contributed by atoms with E-state index >= 15 is 0 Å². The molecule has 3 heteroatoms. The summed E-state index contributed by atoms with van der Waals surface area (Å²) < 4.78 is 4.94. The molecule has 0 saturated carbocycles. The van der Waals surface area contributed by atoms with Crippen molar-refractivity contribution in [2.75, 3.05) is 0 Å². The molecule has 2 aromatic rings. The molecule has 0 aliphatic carbocycles. The lowest BCUT2D eigenvalue weighted by molar-refractivity contribution is -0.129. The van der Waals surface area contributed by atoms with E-state index in [9.17, 15) is 9.59 Å². The van der Waals surface area contributed by atoms with Crippen molar-refractivity contribution in [3.8, 4) is 5.75 Å². The minimum atomic E-state index is -0.873. The first-order valence-corrected chi connectivity index (χ1v) is 9.14. The second kappa shape index (κ2) is 21.6. The average Bonchev–Trinajstić information content (AvgIpc) is 2.74. The zero-order valence-corrected chi connectivity index (χ0v) is 17.0. The van der Waals surface area contributed by atoms with Crippen molar-refractivity contribution in [2.45, 2.75) is 55.4 Å². The number of hydrogen-bond acceptors (Lipinski definition) is 3. The van der Waals surface area contributed by atoms with Gasteiger partial charge in [-0.3, -0.25) is 4.79 Å². The Balaban J connectivity index is -0.000000533. The molecule has 0 aromatic heterocycles. The number of carbonyl (C=O) groups is 2. The summed E-state index contributed by atoms with van der Waals surface area (Å²) in [5.74, 6) is -1.15. The van der Waals surface area contributed by atoms with Crippen molar-refractivity contribution in [3.05, 3.63) is 66.2 Å². The minimum Gasteiger partial charge on any atom is -0.421 e. The molecule has 0 N–H and O–H groups in total. The maximum Gasteiger partial charge on any atom is 0.385 e. The zero-order chi connectivity index (χ0) is 20.1. The lowest BCUT2D eigenvalue weighted by atomic mass is 10.1. The molecule has 0 aliphatic rings. The first-order chi connectivity index (χ1) is 12.3. The number of hydrogen-bond donors (Lipinski definition) is 0. The molecule has 2 rings (SSSR count). The van der Waals surface area contributed by atoms with Crippen molar-refractivity contribution in [2.24, 2.45) is 0 Å². The van der Waals surface area contributed by atoms with Crippen LogP contribution in [0.2, 0.25) is 0 Å². The second-order valence-corrected chi connectivity index (χ2v) is 3.40. The van der Waals surface area contributed by atoms with Gasteiger partial charge in [0.05, 0.1) is 0 Å². The molecule has 0 amide bonds. The molecule has 0 fully saturated rings. The third-order valence-electron chi connectivity index (χ3n) is 2.18. The maximum absolute atomic E-state index is 11.7. The zero-order valence-electron chi connectivity index (χ0n) is 17.0. The van der Waals surface area contributed by atoms with Gasteiger partial charge >= 0.3 is 5.97 Å². The fourth-order valence-corrected chi connectivity index (χ4v) is 1.35. The van der Waals surface area contributed by atoms with Gasteiger partial charge in [-0.05, 0) is 12.1 Å². The normalized spacial score (nSPS) is 7.52. The van der Waals surface area contributed by atoms with Crippen LogP contribution in [0.4, 0.5) is 0 Å². The first-order valence-electron chi connectivity index (χ1n) is 9.14. The highest BCUT2D eigenvalue weighted by Gasteiger charge is 2.17. The van der Waals surface area contributed by atoms with Crippen LogP contribution in [0.1, 0.15) is 65.7 Å². The molecule has 0 saturated heterocycles. The topological polar surface area (TPSA) is 43.4 Å². The molecule has 0 aliphatic heterocycles. The van der Waals surface area contributed by atoms with Crippen molar-refractivity contribution in [3.63, 3.8) is 0 Å². The smallest absolute Gasteiger partial charge is 0.385 e. The molecule has 0 bridgehead atoms. The van der Waals surface area contributed by atoms with E-state index in [2.05, 4.69) is 0 Å². The Hall–Kier alpha value is -2.42. The van der Waals surface area contributed by atoms with Gasteiger partial charge in [-0.15, -0.1) is 0 Å². The van der Waals surface area contributed by atoms with E-state index in [4.69, 9.17) is 4.74 Å². The monoisotopic (exact) mass is 346 g/mol. The Morgan fingerprint density at radius 3 is 1.36 bits per heavy atom. The SMILES string of the molecule is CC.CC.CC.CC.O=C(Oc1ccccc1)C(=O)c1ccccc1. The van der Waals surface area contributed by atoms with Crippen LogP contribution in [0.3, 0.4) is 0 Å². The predicted molar refractivity (Wildman–Crippen MR) is 108 cm³/mol. The number of ether oxygens (including phenoxy) is 1. The van der Waals surface area contributed by atoms with Crippen LogP contribution in [0.5, 0.6) is 5.75 Å². The highest BCUT2D eigenvalue weighted by Crippen LogP contribution is 2.10. The lowest BCUT2D eigenvalue weighted by Crippen LogP contribution is -2.20. The van der Waals surface area contributed by atoms with Crippen molar-refractivity contribution < 1.29 is 14.3 Å². The van der Waals surface area contributed by atoms with Gasteiger partial charge in [0.2, 0.25) is 0 Å². The third kappa shape index (κ3) is 12.6. The standard InChI is InChI=1S/C14H10O3.4C2H6/c15-13(11-7-3-1-4-8-11)14(16)17-12-9-5-2-6-10-12;4*1-2/h1-10H;4*1-2H3. The Labute approximate surface area is 154 Å². The molecule has 0 spiro atoms. The molecule has 0 atom stereocenters. The van der Waals surface area contributed by atoms with E-state index in [1.165, 1.54) is 0 Å². The number of para-hydroxylation sites is 1. The summed E-state index contributed by atoms with van der Waals surface area (Å²) in [4.78, 5) is 23.2. The third-order valence-corrected chi connectivity index (χ3v) is 2.18. The Morgan fingerprint density at radius 1 is 0.600 bits per heavy atom. The van der Waals surface area contributed by atoms with Crippen LogP contribution in [0.15, 0.2) is 60.7 Å². The van der Waals surface area contributed by atoms with Gasteiger partial charge in [0, 0.05) is 5.56 Å². The number of benzene rings is 2. The first kappa shape index (κ1) is 27.4. The number of Topliss-reactive ketones (excluding diaryl/α,β-unsaturated/α-hetero) is 1. The summed E-state index contributed by atoms with van der Waals surface area (Å²) in [7, 11) is 0. The van der Waals surface area contributed by atoms with Crippen molar-refractivity contribution in [1.82, 2.24) is 0 Å². The number of esters is 1. The summed E-state index contributed by atoms with van der Waals surface area (Å²) in [5.41, 5.74) is 0.327. The van der Waals surface area contributed by atoms with E-state index in [0.717, 1.165) is 0 Å². The van der Waals surface area contributed by atoms with E-state index in [1.54, 1.807) is 60.7 Å². The number of ketones is 1. The van der Waals surface area contributed by atoms with Gasteiger partial charge < -0.3 is 4.74 Å². The second-order valence-electron chi connectivity index (χ2n) is 3.40. The van der Waals surface area contributed by atoms with Gasteiger partial charge in [-0.1, -0.05) is 104 Å². The van der Waals surface area contributed by atoms with Gasteiger partial charge in [-0.25, -0.2) is 4.79 Å². The fraction of sp³-hybridized carbons (Fsp3) is 0.364. The van der Waals surface area contributed by atoms with E-state index < -0.39 is 11.8 Å². The predicted octanol–water partition coefficient (Wildman–Crippen LogP) is 6.58. The summed E-state index contributed by atoms with van der Waals surface area (Å²) in [6.07, 6.45) is 0. The molecular weight excluding hydrogens is 312 g/mol. The molecule has 0 heterocycles. The Bertz CT molecular complexity index is 519. The van der Waals surface area contributed by atoms with E-state index in [-0.39, 0.29) is 0 Å². The Kier molecular flexibility index (Phi) is 23.7. The number of carbonyl (C=O) groups excluding carboxylic acids is 2. The van der Waals surface area contributed by atoms with Crippen molar-refractivity contribution >= 4 is 11.8 Å². The van der Waals surface area contributed by atoms with Crippen LogP contribution in [0, 0.1) is 0 Å². The maximum atomic E-state index is 11.7. The molecule has 2 aromatic carbocycles. The van der Waals surface area contributed by atoms with E-state index in [0.29, 0.717) is 11.3 Å². The van der Waals surface area contributed by atoms with Crippen LogP contribution in [0.25, 0.3) is 0 Å². The molecule has 0 unspecified atom stereocenters. The van der Waals surface area contributed by atoms with Crippen molar-refractivity contribution in [1.29, 1.82) is 0 Å². The quantitative estimate of drug-likeness (QED) is 0.273. The lowest BCUT2D eigenvalue weighted by Gasteiger charge is -2.02. The summed E-state index contributed by atoms with van der Waals surface area (Å²) >= 11 is 0. The van der Waals surface area contributed by atoms with Crippen LogP contribution >= 0.6 is 0 Å². The highest BCUT2D eigenvalue weighted by molar-refractivity contribution is 6.41. The van der Waals surface area contributed by atoms with Gasteiger partial charge in [0.25, 0.3) is 5.78 Å². The van der Waals surface area contributed by atoms with Gasteiger partial charge in [-0.2, -0.15) is 0 Å². The minimum absolute atomic E-state index is 0.327. The summed E-state index contributed by atoms with van der Waals surface area (Å²) in [6, 6.07) is 16.8. The molecule has 140 valence electrons. The van der Waals surface area contributed by atoms with Crippen LogP contribution in [-0.2, 0) is 4.79 Å². The molecule has 0 radical (unpaired) electrons. The van der Waals surface area contributed by atoms with Crippen LogP contribution < -0.4 is 4.74 Å². The fourth-order valence-electron chi connectivity index (χ4n) is 1.35. The van der Waals surface area contributed by atoms with Gasteiger partial charge in [0.1, 0.15) is 5.75 Å². The molecule has 25 heavy (non-hydrogen) atoms. The highest BCUT2D eigenvalue weighted by atomic mass is 16.5. The van der Waals surface area contributed by atoms with Crippen LogP contribution in [-0.4, -0.2) is 11.8 Å². The molecular formula is C22H34O3. The van der Waals surface area contributed by atoms with Gasteiger partial charge in [0.15, 0.2) is 0 Å².